The third kappa shape index (κ3) is 6.24. The number of nitrogens with zero attached hydrogens (tertiary/aromatic N) is 1. The number of halogens is 4. The molecule has 4 rings (SSSR count). The van der Waals surface area contributed by atoms with Crippen LogP contribution in [0.3, 0.4) is 0 Å². The maximum absolute atomic E-state index is 13.9. The molecule has 2 saturated heterocycles. The van der Waals surface area contributed by atoms with Gasteiger partial charge in [0, 0.05) is 18.5 Å². The second-order valence-electron chi connectivity index (χ2n) is 9.24. The van der Waals surface area contributed by atoms with Gasteiger partial charge in [0.15, 0.2) is 5.78 Å². The highest BCUT2D eigenvalue weighted by Gasteiger charge is 2.57. The highest BCUT2D eigenvalue weighted by atomic mass is 19.4. The summed E-state index contributed by atoms with van der Waals surface area (Å²) in [7, 11) is 0. The number of Topliss-reactive ketones (excluding diaryl/α,β-unsaturated/α-hetero) is 1. The molecular formula is C23H24F4N4O6. The summed E-state index contributed by atoms with van der Waals surface area (Å²) < 4.78 is 54.9. The van der Waals surface area contributed by atoms with E-state index in [9.17, 15) is 41.5 Å². The van der Waals surface area contributed by atoms with E-state index in [1.165, 1.54) is 18.2 Å². The first-order valence-corrected chi connectivity index (χ1v) is 11.6. The molecule has 0 unspecified atom stereocenters. The summed E-state index contributed by atoms with van der Waals surface area (Å²) >= 11 is 0. The Balaban J connectivity index is 1.45. The number of nitrogens with one attached hydrogen (secondary N) is 3. The van der Waals surface area contributed by atoms with Crippen molar-refractivity contribution in [3.05, 3.63) is 30.1 Å². The van der Waals surface area contributed by atoms with Gasteiger partial charge in [-0.2, -0.15) is 0 Å². The van der Waals surface area contributed by atoms with E-state index < -0.39 is 72.2 Å². The highest BCUT2D eigenvalue weighted by molar-refractivity contribution is 6.40. The number of ketones is 1. The van der Waals surface area contributed by atoms with E-state index in [0.29, 0.717) is 19.4 Å². The maximum atomic E-state index is 13.9. The SMILES string of the molecule is O=C(Nc1ccccc1F)C(=O)N1[C@@H]2C[C@@H]2C[C@H]1C(=O)N[C@@H](C[C@@H]1CCNC1=O)C(=O)COC(F)(F)F. The summed E-state index contributed by atoms with van der Waals surface area (Å²) in [5.74, 6) is -6.11. The van der Waals surface area contributed by atoms with Gasteiger partial charge in [-0.1, -0.05) is 12.1 Å². The lowest BCUT2D eigenvalue weighted by molar-refractivity contribution is -0.321. The Hall–Kier alpha value is -3.55. The van der Waals surface area contributed by atoms with Crippen LogP contribution in [0.15, 0.2) is 24.3 Å². The quantitative estimate of drug-likeness (QED) is 0.339. The normalized spacial score (nSPS) is 25.2. The van der Waals surface area contributed by atoms with E-state index >= 15 is 0 Å². The zero-order chi connectivity index (χ0) is 26.9. The molecule has 2 heterocycles. The van der Waals surface area contributed by atoms with Crippen LogP contribution in [0.2, 0.25) is 0 Å². The molecule has 3 fully saturated rings. The molecule has 14 heteroatoms. The van der Waals surface area contributed by atoms with Crippen LogP contribution in [0.25, 0.3) is 0 Å². The molecule has 0 spiro atoms. The van der Waals surface area contributed by atoms with Gasteiger partial charge in [-0.25, -0.2) is 4.39 Å². The van der Waals surface area contributed by atoms with Crippen LogP contribution in [0.5, 0.6) is 0 Å². The summed E-state index contributed by atoms with van der Waals surface area (Å²) in [5, 5.41) is 7.08. The predicted octanol–water partition coefficient (Wildman–Crippen LogP) is 0.870. The van der Waals surface area contributed by atoms with Crippen molar-refractivity contribution in [1.29, 1.82) is 0 Å². The number of piperidine rings is 1. The minimum absolute atomic E-state index is 0.0655. The molecular weight excluding hydrogens is 504 g/mol. The van der Waals surface area contributed by atoms with Crippen molar-refractivity contribution < 1.29 is 46.3 Å². The second-order valence-corrected chi connectivity index (χ2v) is 9.24. The van der Waals surface area contributed by atoms with Gasteiger partial charge < -0.3 is 20.9 Å². The third-order valence-electron chi connectivity index (χ3n) is 6.72. The molecule has 37 heavy (non-hydrogen) atoms. The Kier molecular flexibility index (Phi) is 7.48. The number of para-hydroxylation sites is 1. The molecule has 3 aliphatic rings. The molecule has 1 saturated carbocycles. The third-order valence-corrected chi connectivity index (χ3v) is 6.72. The van der Waals surface area contributed by atoms with Gasteiger partial charge in [0.1, 0.15) is 18.5 Å². The number of rotatable bonds is 8. The number of hydrogen-bond acceptors (Lipinski definition) is 6. The van der Waals surface area contributed by atoms with E-state index in [4.69, 9.17) is 0 Å². The Morgan fingerprint density at radius 2 is 1.89 bits per heavy atom. The van der Waals surface area contributed by atoms with Crippen LogP contribution in [0, 0.1) is 17.7 Å². The molecule has 1 aliphatic carbocycles. The van der Waals surface area contributed by atoms with Gasteiger partial charge >= 0.3 is 18.2 Å². The lowest BCUT2D eigenvalue weighted by atomic mass is 9.95. The number of alkyl halides is 3. The van der Waals surface area contributed by atoms with Crippen molar-refractivity contribution >= 4 is 35.1 Å². The van der Waals surface area contributed by atoms with E-state index in [2.05, 4.69) is 20.7 Å². The molecule has 10 nitrogen and oxygen atoms in total. The lowest BCUT2D eigenvalue weighted by Crippen LogP contribution is -2.55. The average molecular weight is 528 g/mol. The minimum atomic E-state index is -5.07. The number of benzene rings is 1. The summed E-state index contributed by atoms with van der Waals surface area (Å²) in [6.07, 6.45) is -4.27. The molecule has 200 valence electrons. The largest absolute Gasteiger partial charge is 0.522 e. The molecule has 1 aromatic rings. The Morgan fingerprint density at radius 3 is 2.54 bits per heavy atom. The van der Waals surface area contributed by atoms with Crippen LogP contribution >= 0.6 is 0 Å². The molecule has 4 amide bonds. The van der Waals surface area contributed by atoms with E-state index in [1.54, 1.807) is 0 Å². The molecule has 0 aromatic heterocycles. The standard InChI is InChI=1S/C23H24F4N4O6/c24-13-3-1-2-4-14(13)29-21(35)22(36)31-16-8-12(16)9-17(31)20(34)30-15(7-11-5-6-28-19(11)33)18(32)10-37-23(25,26)27/h1-4,11-12,15-17H,5-10H2,(H,28,33)(H,29,35)(H,30,34)/t11-,12+,15-,16+,17-/m0/s1. The fourth-order valence-electron chi connectivity index (χ4n) is 4.78. The number of likely N-dealkylation sites (tertiary alicyclic amines) is 1. The Labute approximate surface area is 208 Å². The van der Waals surface area contributed by atoms with Crippen molar-refractivity contribution in [2.24, 2.45) is 11.8 Å². The van der Waals surface area contributed by atoms with Gasteiger partial charge in [0.2, 0.25) is 11.8 Å². The summed E-state index contributed by atoms with van der Waals surface area (Å²) in [6.45, 7) is -1.05. The van der Waals surface area contributed by atoms with E-state index in [-0.39, 0.29) is 24.4 Å². The average Bonchev–Trinajstić information content (AvgIpc) is 3.32. The van der Waals surface area contributed by atoms with Crippen molar-refractivity contribution in [2.45, 2.75) is 50.2 Å². The van der Waals surface area contributed by atoms with Gasteiger partial charge in [-0.15, -0.1) is 13.2 Å². The zero-order valence-electron chi connectivity index (χ0n) is 19.3. The van der Waals surface area contributed by atoms with Crippen LogP contribution in [-0.4, -0.2) is 72.0 Å². The fourth-order valence-corrected chi connectivity index (χ4v) is 4.78. The molecule has 1 aromatic carbocycles. The molecule has 0 bridgehead atoms. The van der Waals surface area contributed by atoms with Crippen molar-refractivity contribution in [3.63, 3.8) is 0 Å². The first-order valence-electron chi connectivity index (χ1n) is 11.6. The summed E-state index contributed by atoms with van der Waals surface area (Å²) in [4.78, 5) is 64.1. The molecule has 2 aliphatic heterocycles. The molecule has 3 N–H and O–H groups in total. The molecule has 5 atom stereocenters. The first-order chi connectivity index (χ1) is 17.4. The smallest absolute Gasteiger partial charge is 0.356 e. The fraction of sp³-hybridized carbons (Fsp3) is 0.522. The van der Waals surface area contributed by atoms with Gasteiger partial charge in [-0.3, -0.25) is 28.7 Å². The number of carbonyl (C=O) groups is 5. The van der Waals surface area contributed by atoms with Gasteiger partial charge in [-0.05, 0) is 43.7 Å². The van der Waals surface area contributed by atoms with E-state index in [0.717, 1.165) is 11.0 Å². The monoisotopic (exact) mass is 528 g/mol. The van der Waals surface area contributed by atoms with Crippen molar-refractivity contribution in [3.8, 4) is 0 Å². The van der Waals surface area contributed by atoms with Crippen molar-refractivity contribution in [2.75, 3.05) is 18.5 Å². The number of hydrogen-bond donors (Lipinski definition) is 3. The molecule has 0 radical (unpaired) electrons. The van der Waals surface area contributed by atoms with Gasteiger partial charge in [0.05, 0.1) is 11.7 Å². The Morgan fingerprint density at radius 1 is 1.16 bits per heavy atom. The predicted molar refractivity (Wildman–Crippen MR) is 117 cm³/mol. The van der Waals surface area contributed by atoms with E-state index in [1.807, 2.05) is 0 Å². The minimum Gasteiger partial charge on any atom is -0.356 e. The van der Waals surface area contributed by atoms with Crippen LogP contribution in [-0.2, 0) is 28.7 Å². The number of amides is 4. The lowest BCUT2D eigenvalue weighted by Gasteiger charge is -2.28. The number of fused-ring (bicyclic) bond motifs is 1. The number of ether oxygens (including phenoxy) is 1. The second kappa shape index (κ2) is 10.4. The topological polar surface area (TPSA) is 134 Å². The van der Waals surface area contributed by atoms with Crippen LogP contribution < -0.4 is 16.0 Å². The summed E-state index contributed by atoms with van der Waals surface area (Å²) in [6, 6.07) is 2.15. The van der Waals surface area contributed by atoms with Crippen molar-refractivity contribution in [1.82, 2.24) is 15.5 Å². The zero-order valence-corrected chi connectivity index (χ0v) is 19.3. The number of anilines is 1. The van der Waals surface area contributed by atoms with Gasteiger partial charge in [0.25, 0.3) is 0 Å². The number of carbonyl (C=O) groups excluding carboxylic acids is 5. The highest BCUT2D eigenvalue weighted by Crippen LogP contribution is 2.48. The Bertz CT molecular complexity index is 1110. The first kappa shape index (κ1) is 26.5. The van der Waals surface area contributed by atoms with Crippen LogP contribution in [0.1, 0.15) is 25.7 Å². The summed E-state index contributed by atoms with van der Waals surface area (Å²) in [5.41, 5.74) is -0.224. The van der Waals surface area contributed by atoms with Crippen LogP contribution in [0.4, 0.5) is 23.2 Å². The maximum Gasteiger partial charge on any atom is 0.522 e.